The predicted octanol–water partition coefficient (Wildman–Crippen LogP) is 3.90. The van der Waals surface area contributed by atoms with Crippen molar-refractivity contribution in [1.82, 2.24) is 0 Å². The Balaban J connectivity index is 0.000000221. The third-order valence-electron chi connectivity index (χ3n) is 5.68. The SMILES string of the molecule is CC1=C(B2OC(C)(C)C(C)(C)O2)CCOC1.CC1=C(OS(=O)(=O)C(F)(F)F)CCOC1. The van der Waals surface area contributed by atoms with Crippen molar-refractivity contribution >= 4 is 17.2 Å². The average molecular weight is 470 g/mol. The molecule has 0 aromatic rings. The summed E-state index contributed by atoms with van der Waals surface area (Å²) in [5.41, 5.74) is -3.01. The van der Waals surface area contributed by atoms with Crippen LogP contribution in [0.5, 0.6) is 0 Å². The molecule has 0 saturated carbocycles. The molecule has 0 amide bonds. The van der Waals surface area contributed by atoms with Gasteiger partial charge in [0.25, 0.3) is 0 Å². The van der Waals surface area contributed by atoms with Crippen LogP contribution < -0.4 is 0 Å². The normalized spacial score (nSPS) is 24.1. The summed E-state index contributed by atoms with van der Waals surface area (Å²) in [5.74, 6) is -0.182. The first-order valence-electron chi connectivity index (χ1n) is 9.96. The highest BCUT2D eigenvalue weighted by atomic mass is 32.2. The number of ether oxygens (including phenoxy) is 2. The van der Waals surface area contributed by atoms with Gasteiger partial charge in [0.05, 0.1) is 37.6 Å². The largest absolute Gasteiger partial charge is 0.534 e. The van der Waals surface area contributed by atoms with Crippen molar-refractivity contribution in [2.24, 2.45) is 0 Å². The zero-order valence-electron chi connectivity index (χ0n) is 18.7. The van der Waals surface area contributed by atoms with Crippen molar-refractivity contribution in [3.8, 4) is 0 Å². The molecule has 0 aromatic heterocycles. The van der Waals surface area contributed by atoms with Crippen LogP contribution in [-0.2, 0) is 33.1 Å². The number of rotatable bonds is 3. The Kier molecular flexibility index (Phi) is 7.96. The van der Waals surface area contributed by atoms with Crippen LogP contribution in [0.2, 0.25) is 0 Å². The minimum Gasteiger partial charge on any atom is -0.400 e. The quantitative estimate of drug-likeness (QED) is 0.352. The Morgan fingerprint density at radius 3 is 1.84 bits per heavy atom. The van der Waals surface area contributed by atoms with Crippen molar-refractivity contribution in [3.63, 3.8) is 0 Å². The second kappa shape index (κ2) is 9.42. The zero-order chi connectivity index (χ0) is 23.7. The van der Waals surface area contributed by atoms with Crippen LogP contribution in [0.3, 0.4) is 0 Å². The number of hydrogen-bond donors (Lipinski definition) is 0. The smallest absolute Gasteiger partial charge is 0.400 e. The van der Waals surface area contributed by atoms with Gasteiger partial charge in [-0.15, -0.1) is 0 Å². The Morgan fingerprint density at radius 2 is 1.39 bits per heavy atom. The second-order valence-electron chi connectivity index (χ2n) is 8.69. The summed E-state index contributed by atoms with van der Waals surface area (Å²) < 4.78 is 83.5. The number of alkyl halides is 3. The standard InChI is InChI=1S/C12H21BO3.C7H9F3O4S/c1-9-8-14-7-6-10(9)13-15-11(2,3)12(4,5)16-13;1-5-4-13-3-2-6(5)14-15(11,12)7(8,9)10/h6-8H2,1-5H3;2-4H2,1H3. The van der Waals surface area contributed by atoms with Gasteiger partial charge in [-0.3, -0.25) is 0 Å². The summed E-state index contributed by atoms with van der Waals surface area (Å²) in [6.07, 6.45) is 0.948. The maximum Gasteiger partial charge on any atom is 0.534 e. The van der Waals surface area contributed by atoms with Crippen LogP contribution in [0, 0.1) is 0 Å². The first-order chi connectivity index (χ1) is 14.1. The Labute approximate surface area is 182 Å². The lowest BCUT2D eigenvalue weighted by atomic mass is 9.73. The monoisotopic (exact) mass is 470 g/mol. The van der Waals surface area contributed by atoms with E-state index in [9.17, 15) is 21.6 Å². The minimum atomic E-state index is -5.54. The molecule has 0 N–H and O–H groups in total. The van der Waals surface area contributed by atoms with Gasteiger partial charge in [-0.2, -0.15) is 21.6 Å². The predicted molar refractivity (Wildman–Crippen MR) is 108 cm³/mol. The van der Waals surface area contributed by atoms with Gasteiger partial charge in [-0.1, -0.05) is 5.57 Å². The molecule has 1 fully saturated rings. The van der Waals surface area contributed by atoms with Crippen molar-refractivity contribution in [2.75, 3.05) is 26.4 Å². The summed E-state index contributed by atoms with van der Waals surface area (Å²) in [6, 6.07) is 0. The molecule has 178 valence electrons. The zero-order valence-corrected chi connectivity index (χ0v) is 19.5. The van der Waals surface area contributed by atoms with E-state index < -0.39 is 15.6 Å². The molecule has 3 aliphatic rings. The molecule has 0 aromatic carbocycles. The van der Waals surface area contributed by atoms with Gasteiger partial charge in [-0.05, 0) is 59.0 Å². The summed E-state index contributed by atoms with van der Waals surface area (Å²) in [5, 5.41) is 0. The van der Waals surface area contributed by atoms with Crippen molar-refractivity contribution in [2.45, 2.75) is 71.1 Å². The first kappa shape index (κ1) is 26.2. The lowest BCUT2D eigenvalue weighted by Crippen LogP contribution is -2.41. The first-order valence-corrected chi connectivity index (χ1v) is 11.4. The fraction of sp³-hybridized carbons (Fsp3) is 0.789. The highest BCUT2D eigenvalue weighted by Gasteiger charge is 2.52. The van der Waals surface area contributed by atoms with Gasteiger partial charge in [-0.25, -0.2) is 0 Å². The van der Waals surface area contributed by atoms with E-state index in [1.165, 1.54) is 18.0 Å². The highest BCUT2D eigenvalue weighted by molar-refractivity contribution is 7.87. The molecule has 0 spiro atoms. The molecular formula is C19H30BF3O7S. The molecule has 0 radical (unpaired) electrons. The van der Waals surface area contributed by atoms with E-state index in [1.54, 1.807) is 0 Å². The van der Waals surface area contributed by atoms with Crippen molar-refractivity contribution < 1.29 is 44.6 Å². The maximum atomic E-state index is 11.9. The van der Waals surface area contributed by atoms with Crippen LogP contribution >= 0.6 is 0 Å². The van der Waals surface area contributed by atoms with E-state index >= 15 is 0 Å². The molecule has 0 bridgehead atoms. The van der Waals surface area contributed by atoms with E-state index in [2.05, 4.69) is 38.8 Å². The van der Waals surface area contributed by atoms with Crippen LogP contribution in [0.15, 0.2) is 22.4 Å². The van der Waals surface area contributed by atoms with Gasteiger partial charge in [0.15, 0.2) is 0 Å². The number of hydrogen-bond acceptors (Lipinski definition) is 7. The van der Waals surface area contributed by atoms with E-state index in [-0.39, 0.29) is 43.7 Å². The lowest BCUT2D eigenvalue weighted by Gasteiger charge is -2.32. The second-order valence-corrected chi connectivity index (χ2v) is 10.2. The third kappa shape index (κ3) is 6.25. The molecule has 0 aliphatic carbocycles. The Bertz CT molecular complexity index is 816. The fourth-order valence-corrected chi connectivity index (χ4v) is 3.58. The van der Waals surface area contributed by atoms with Crippen molar-refractivity contribution in [1.29, 1.82) is 0 Å². The summed E-state index contributed by atoms with van der Waals surface area (Å²) in [6.45, 7) is 13.6. The highest BCUT2D eigenvalue weighted by Crippen LogP contribution is 2.40. The molecule has 0 unspecified atom stereocenters. The molecule has 3 heterocycles. The molecule has 0 atom stereocenters. The molecule has 12 heteroatoms. The average Bonchev–Trinajstić information content (AvgIpc) is 2.84. The van der Waals surface area contributed by atoms with Crippen LogP contribution in [0.25, 0.3) is 0 Å². The molecule has 3 aliphatic heterocycles. The number of halogens is 3. The third-order valence-corrected chi connectivity index (χ3v) is 6.67. The van der Waals surface area contributed by atoms with E-state index in [4.69, 9.17) is 18.8 Å². The van der Waals surface area contributed by atoms with E-state index in [1.807, 2.05) is 0 Å². The minimum absolute atomic E-state index is 0.0289. The maximum absolute atomic E-state index is 11.9. The lowest BCUT2D eigenvalue weighted by molar-refractivity contribution is -0.0528. The molecule has 7 nitrogen and oxygen atoms in total. The summed E-state index contributed by atoms with van der Waals surface area (Å²) >= 11 is 0. The van der Waals surface area contributed by atoms with Gasteiger partial charge in [0.1, 0.15) is 5.76 Å². The van der Waals surface area contributed by atoms with Gasteiger partial charge >= 0.3 is 22.7 Å². The Morgan fingerprint density at radius 1 is 0.903 bits per heavy atom. The molecule has 31 heavy (non-hydrogen) atoms. The molecule has 3 rings (SSSR count). The van der Waals surface area contributed by atoms with Gasteiger partial charge in [0.2, 0.25) is 0 Å². The fourth-order valence-electron chi connectivity index (χ4n) is 2.99. The molecule has 1 saturated heterocycles. The van der Waals surface area contributed by atoms with Gasteiger partial charge in [0, 0.05) is 6.42 Å². The topological polar surface area (TPSA) is 80.3 Å². The summed E-state index contributed by atoms with van der Waals surface area (Å²) in [7, 11) is -5.73. The van der Waals surface area contributed by atoms with E-state index in [0.717, 1.165) is 13.0 Å². The molecular weight excluding hydrogens is 440 g/mol. The van der Waals surface area contributed by atoms with Crippen molar-refractivity contribution in [3.05, 3.63) is 22.4 Å². The van der Waals surface area contributed by atoms with Gasteiger partial charge < -0.3 is 23.0 Å². The summed E-state index contributed by atoms with van der Waals surface area (Å²) in [4.78, 5) is 0. The Hall–Kier alpha value is -1.08. The van der Waals surface area contributed by atoms with Crippen LogP contribution in [0.1, 0.15) is 54.4 Å². The van der Waals surface area contributed by atoms with Crippen LogP contribution in [0.4, 0.5) is 13.2 Å². The van der Waals surface area contributed by atoms with Crippen LogP contribution in [-0.4, -0.2) is 58.7 Å². The van der Waals surface area contributed by atoms with E-state index in [0.29, 0.717) is 12.2 Å².